The minimum atomic E-state index is -4.35. The van der Waals surface area contributed by atoms with E-state index in [4.69, 9.17) is 4.74 Å². The maximum Gasteiger partial charge on any atom is 0.417 e. The van der Waals surface area contributed by atoms with Gasteiger partial charge >= 0.3 is 6.18 Å². The second kappa shape index (κ2) is 8.96. The molecule has 2 heterocycles. The second-order valence-electron chi connectivity index (χ2n) is 12.1. The molecule has 1 N–H and O–H groups in total. The van der Waals surface area contributed by atoms with Crippen LogP contribution in [0.15, 0.2) is 48.9 Å². The van der Waals surface area contributed by atoms with Crippen LogP contribution >= 0.6 is 0 Å². The highest BCUT2D eigenvalue weighted by atomic mass is 19.4. The van der Waals surface area contributed by atoms with Crippen molar-refractivity contribution in [3.05, 3.63) is 60.3 Å². The third-order valence-electron chi connectivity index (χ3n) is 9.99. The topological polar surface area (TPSA) is 56.2 Å². The Morgan fingerprint density at radius 2 is 1.85 bits per heavy atom. The number of hydrogen-bond acceptors (Lipinski definition) is 3. The number of fused-ring (bicyclic) bond motifs is 4. The molecule has 1 aromatic carbocycles. The largest absolute Gasteiger partial charge is 0.490 e. The summed E-state index contributed by atoms with van der Waals surface area (Å²) in [4.78, 5) is 17.6. The normalized spacial score (nSPS) is 33.8. The Morgan fingerprint density at radius 1 is 1.08 bits per heavy atom. The Hall–Kier alpha value is -3.10. The smallest absolute Gasteiger partial charge is 0.417 e. The molecule has 0 spiro atoms. The van der Waals surface area contributed by atoms with Crippen molar-refractivity contribution in [3.8, 4) is 5.75 Å². The van der Waals surface area contributed by atoms with Crippen LogP contribution in [0.25, 0.3) is 10.9 Å². The SMILES string of the molecule is CC(C(=O)N[C@@H]1CC(n2ccc(C(F)(F)F)c2)C2CC1C2)C1[C@H]2CC(Oc3ccnc4ccc(F)cc34)C[C@@H]12. The summed E-state index contributed by atoms with van der Waals surface area (Å²) in [5.41, 5.74) is 0.0746. The Kier molecular flexibility index (Phi) is 5.72. The average molecular weight is 542 g/mol. The number of aromatic nitrogens is 2. The van der Waals surface area contributed by atoms with Crippen LogP contribution in [0.3, 0.4) is 0 Å². The number of carbonyl (C=O) groups is 1. The fraction of sp³-hybridized carbons (Fsp3) is 0.533. The number of carbonyl (C=O) groups excluding carboxylic acids is 1. The predicted octanol–water partition coefficient (Wildman–Crippen LogP) is 6.39. The van der Waals surface area contributed by atoms with Crippen LogP contribution in [0.5, 0.6) is 5.75 Å². The summed E-state index contributed by atoms with van der Waals surface area (Å²) in [6.45, 7) is 2.00. The average Bonchev–Trinajstić information content (AvgIpc) is 3.22. The summed E-state index contributed by atoms with van der Waals surface area (Å²) >= 11 is 0. The molecule has 0 radical (unpaired) electrons. The molecule has 2 bridgehead atoms. The zero-order chi connectivity index (χ0) is 27.1. The molecule has 206 valence electrons. The molecule has 4 unspecified atom stereocenters. The standard InChI is InChI=1S/C30H31F4N3O2/c1-15(28-21-11-20(12-22(21)28)39-27-4-6-35-24-3-2-19(31)10-23(24)27)29(38)36-25-13-26(17-8-16(25)9-17)37-7-5-18(14-37)30(32,33)34/h2-7,10,14-17,20-22,25-26,28H,8-9,11-13H2,1H3,(H,36,38)/t15?,16?,17?,20?,21-,22+,25-,26?,28?/m1/s1. The maximum atomic E-state index is 13.8. The van der Waals surface area contributed by atoms with Gasteiger partial charge in [0.25, 0.3) is 0 Å². The Bertz CT molecular complexity index is 1400. The molecule has 7 atom stereocenters. The third kappa shape index (κ3) is 4.38. The summed E-state index contributed by atoms with van der Waals surface area (Å²) in [5.74, 6) is 2.25. The summed E-state index contributed by atoms with van der Waals surface area (Å²) < 4.78 is 61.1. The van der Waals surface area contributed by atoms with E-state index in [0.29, 0.717) is 52.7 Å². The third-order valence-corrected chi connectivity index (χ3v) is 9.99. The summed E-state index contributed by atoms with van der Waals surface area (Å²) in [5, 5.41) is 3.95. The highest BCUT2D eigenvalue weighted by Gasteiger charge is 2.60. The van der Waals surface area contributed by atoms with Gasteiger partial charge in [0.1, 0.15) is 11.6 Å². The van der Waals surface area contributed by atoms with Crippen LogP contribution < -0.4 is 10.1 Å². The summed E-state index contributed by atoms with van der Waals surface area (Å²) in [7, 11) is 0. The van der Waals surface area contributed by atoms with Crippen LogP contribution in [-0.2, 0) is 11.0 Å². The minimum absolute atomic E-state index is 0.00160. The van der Waals surface area contributed by atoms with E-state index in [1.165, 1.54) is 24.5 Å². The molecular formula is C30H31F4N3O2. The van der Waals surface area contributed by atoms with Gasteiger partial charge in [-0.3, -0.25) is 9.78 Å². The van der Waals surface area contributed by atoms with Crippen molar-refractivity contribution in [1.82, 2.24) is 14.9 Å². The monoisotopic (exact) mass is 541 g/mol. The lowest BCUT2D eigenvalue weighted by atomic mass is 9.60. The summed E-state index contributed by atoms with van der Waals surface area (Å²) in [6, 6.07) is 7.40. The molecule has 5 saturated carbocycles. The molecule has 2 aromatic heterocycles. The molecule has 3 aromatic rings. The van der Waals surface area contributed by atoms with Crippen LogP contribution in [0, 0.1) is 41.3 Å². The van der Waals surface area contributed by atoms with Crippen molar-refractivity contribution >= 4 is 16.8 Å². The van der Waals surface area contributed by atoms with Crippen molar-refractivity contribution in [2.75, 3.05) is 0 Å². The van der Waals surface area contributed by atoms with E-state index in [0.717, 1.165) is 31.7 Å². The number of halogens is 4. The fourth-order valence-electron chi connectivity index (χ4n) is 7.87. The second-order valence-corrected chi connectivity index (χ2v) is 12.1. The number of amides is 1. The van der Waals surface area contributed by atoms with Gasteiger partial charge in [-0.2, -0.15) is 13.2 Å². The Balaban J connectivity index is 0.947. The molecule has 5 nitrogen and oxygen atoms in total. The maximum absolute atomic E-state index is 13.8. The molecular weight excluding hydrogens is 510 g/mol. The number of benzene rings is 1. The molecule has 5 fully saturated rings. The molecule has 1 amide bonds. The van der Waals surface area contributed by atoms with Gasteiger partial charge in [0.2, 0.25) is 5.91 Å². The van der Waals surface area contributed by atoms with Crippen LogP contribution in [0.4, 0.5) is 17.6 Å². The van der Waals surface area contributed by atoms with Crippen molar-refractivity contribution in [3.63, 3.8) is 0 Å². The van der Waals surface area contributed by atoms with Gasteiger partial charge in [0.15, 0.2) is 0 Å². The number of ether oxygens (including phenoxy) is 1. The molecule has 9 heteroatoms. The zero-order valence-electron chi connectivity index (χ0n) is 21.6. The first kappa shape index (κ1) is 24.9. The zero-order valence-corrected chi connectivity index (χ0v) is 21.6. The summed E-state index contributed by atoms with van der Waals surface area (Å²) in [6.07, 6.45) is 4.42. The number of alkyl halides is 3. The lowest BCUT2D eigenvalue weighted by molar-refractivity contribution is -0.137. The van der Waals surface area contributed by atoms with E-state index >= 15 is 0 Å². The molecule has 8 rings (SSSR count). The predicted molar refractivity (Wildman–Crippen MR) is 136 cm³/mol. The highest BCUT2D eigenvalue weighted by molar-refractivity contribution is 5.84. The van der Waals surface area contributed by atoms with Gasteiger partial charge in [-0.25, -0.2) is 4.39 Å². The van der Waals surface area contributed by atoms with Crippen LogP contribution in [-0.4, -0.2) is 27.6 Å². The first-order chi connectivity index (χ1) is 18.7. The van der Waals surface area contributed by atoms with E-state index in [2.05, 4.69) is 10.3 Å². The van der Waals surface area contributed by atoms with Gasteiger partial charge in [0, 0.05) is 42.0 Å². The van der Waals surface area contributed by atoms with E-state index in [9.17, 15) is 22.4 Å². The van der Waals surface area contributed by atoms with Crippen LogP contribution in [0.1, 0.15) is 50.6 Å². The fourth-order valence-corrected chi connectivity index (χ4v) is 7.87. The lowest BCUT2D eigenvalue weighted by Gasteiger charge is -2.52. The van der Waals surface area contributed by atoms with Gasteiger partial charge < -0.3 is 14.6 Å². The molecule has 39 heavy (non-hydrogen) atoms. The van der Waals surface area contributed by atoms with Crippen LogP contribution in [0.2, 0.25) is 0 Å². The Morgan fingerprint density at radius 3 is 2.56 bits per heavy atom. The number of nitrogens with one attached hydrogen (secondary N) is 1. The number of pyridine rings is 1. The van der Waals surface area contributed by atoms with E-state index in [1.54, 1.807) is 22.9 Å². The quantitative estimate of drug-likeness (QED) is 0.368. The Labute approximate surface area is 223 Å². The first-order valence-electron chi connectivity index (χ1n) is 13.9. The van der Waals surface area contributed by atoms with E-state index in [1.807, 2.05) is 6.92 Å². The number of hydrogen-bond donors (Lipinski definition) is 1. The number of rotatable bonds is 6. The first-order valence-corrected chi connectivity index (χ1v) is 13.9. The van der Waals surface area contributed by atoms with Crippen molar-refractivity contribution in [1.29, 1.82) is 0 Å². The lowest BCUT2D eigenvalue weighted by Crippen LogP contribution is -2.54. The van der Waals surface area contributed by atoms with Gasteiger partial charge in [-0.1, -0.05) is 6.92 Å². The van der Waals surface area contributed by atoms with Gasteiger partial charge in [0.05, 0.1) is 17.2 Å². The molecule has 5 aliphatic carbocycles. The number of nitrogens with zero attached hydrogens (tertiary/aromatic N) is 2. The van der Waals surface area contributed by atoms with Gasteiger partial charge in [-0.15, -0.1) is 0 Å². The molecule has 0 saturated heterocycles. The minimum Gasteiger partial charge on any atom is -0.490 e. The van der Waals surface area contributed by atoms with Crippen molar-refractivity contribution in [2.45, 2.75) is 63.4 Å². The van der Waals surface area contributed by atoms with E-state index in [-0.39, 0.29) is 35.8 Å². The van der Waals surface area contributed by atoms with Crippen molar-refractivity contribution in [2.24, 2.45) is 35.5 Å². The molecule has 0 aliphatic heterocycles. The van der Waals surface area contributed by atoms with Gasteiger partial charge in [-0.05, 0) is 92.0 Å². The van der Waals surface area contributed by atoms with E-state index < -0.39 is 11.7 Å². The molecule has 5 aliphatic rings. The highest BCUT2D eigenvalue weighted by Crippen LogP contribution is 2.61. The van der Waals surface area contributed by atoms with Crippen molar-refractivity contribution < 1.29 is 27.1 Å².